The van der Waals surface area contributed by atoms with Gasteiger partial charge in [0.15, 0.2) is 28.8 Å². The average Bonchev–Trinajstić information content (AvgIpc) is 1.50. The minimum Gasteiger partial charge on any atom is -0.410 e. The van der Waals surface area contributed by atoms with Crippen LogP contribution in [0.25, 0.3) is 0 Å². The van der Waals surface area contributed by atoms with E-state index in [-0.39, 0.29) is 97.8 Å². The molecule has 1 spiro atoms. The number of nitrogens with two attached hydrogens (primary N) is 1. The van der Waals surface area contributed by atoms with Crippen molar-refractivity contribution < 1.29 is 57.4 Å². The molecule has 7 aromatic rings. The van der Waals surface area contributed by atoms with E-state index in [0.717, 1.165) is 173 Å². The van der Waals surface area contributed by atoms with Crippen LogP contribution in [0.1, 0.15) is 203 Å². The van der Waals surface area contributed by atoms with Crippen LogP contribution < -0.4 is 30.6 Å². The number of ketones is 3. The lowest BCUT2D eigenvalue weighted by molar-refractivity contribution is -0.148. The van der Waals surface area contributed by atoms with Gasteiger partial charge in [-0.15, -0.1) is 34.0 Å². The second-order valence-corrected chi connectivity index (χ2v) is 44.2. The summed E-state index contributed by atoms with van der Waals surface area (Å²) in [5.74, 6) is 0.830. The van der Waals surface area contributed by atoms with Crippen molar-refractivity contribution in [3.05, 3.63) is 190 Å². The Kier molecular flexibility index (Phi) is 42.7. The number of rotatable bonds is 39. The van der Waals surface area contributed by atoms with Crippen LogP contribution in [0.5, 0.6) is 17.2 Å². The predicted octanol–water partition coefficient (Wildman–Crippen LogP) is 17.3. The van der Waals surface area contributed by atoms with Crippen molar-refractivity contribution in [1.82, 2.24) is 64.5 Å². The average molecular weight is 2020 g/mol. The minimum absolute atomic E-state index is 0.00678. The molecule has 26 nitrogen and oxygen atoms in total. The molecule has 0 unspecified atom stereocenters. The molecule has 6 amide bonds. The number of likely N-dealkylation sites (N-methyl/N-ethyl adjacent to an activating group) is 1. The van der Waals surface area contributed by atoms with Crippen molar-refractivity contribution >= 4 is 111 Å². The van der Waals surface area contributed by atoms with E-state index in [0.29, 0.717) is 98.0 Å². The Labute approximate surface area is 852 Å². The molecule has 7 fully saturated rings. The molecule has 8 aliphatic rings. The number of para-hydroxylation sites is 1. The maximum atomic E-state index is 15.0. The van der Waals surface area contributed by atoms with E-state index in [1.54, 1.807) is 83.9 Å². The van der Waals surface area contributed by atoms with Crippen LogP contribution in [0.4, 0.5) is 14.4 Å². The topological polar surface area (TPSA) is 267 Å². The number of unbranched alkanes of at least 4 members (excludes halogenated alkanes) is 3. The van der Waals surface area contributed by atoms with Gasteiger partial charge < -0.3 is 74.7 Å². The predicted molar refractivity (Wildman–Crippen MR) is 560 cm³/mol. The molecule has 4 aromatic carbocycles. The second-order valence-electron chi connectivity index (χ2n) is 40.3. The van der Waals surface area contributed by atoms with E-state index in [1.807, 2.05) is 97.5 Å². The van der Waals surface area contributed by atoms with Crippen LogP contribution in [-0.2, 0) is 67.5 Å². The highest BCUT2D eigenvalue weighted by Gasteiger charge is 2.47. The normalized spacial score (nSPS) is 20.6. The standard InChI is InChI=1S/C46H64N6O4S.C35H49ClN4O4S.C28H39ClN4O4S/c1-48(2)26-8-7-15-40(49(3)37-19-22-46(23-20-37)24-27-50(34-46)32-35-11-5-4-6-12-35)44(54)52-29-28-51(33-41(52)42(53)18-17-38-14-10-30-57-38)45(55)56-43-16-9-13-36-31-47-25-21-39(36)43;36-29-15-5-6-17-33(29)44-35(43)39-23-24-40(31(26-39)32(41)19-18-28-14-11-25-45-28)34(42)30(37-27-12-3-1-4-13-27)16-7-10-22-38-20-8-2-9-21-38;1-19-10-13-25(26(29)20(19)2)37-28(36)32-15-16-33(27(35)22(30)9-5-6-14-31(3)4)23(18-32)24(34)12-11-21-8-7-17-38-21/h4-6,9-14,16,30,37,40-41,47H,7-8,15,17-29,31-34H2,1-3H3;5-6,11,14-15,17,25,27,30-31,37H,1-4,7-10,12-13,16,18-24,26H2;7-8,10,13,17,22-23H,5-6,9,11-12,14-16,18,30H2,1-4H3/t37?,40-,41+,46?;30-,31+;22-,23+/m111/s1. The number of likely N-dealkylation sites (tertiary alicyclic amines) is 2. The van der Waals surface area contributed by atoms with Crippen molar-refractivity contribution in [1.29, 1.82) is 0 Å². The lowest BCUT2D eigenvalue weighted by atomic mass is 9.71. The van der Waals surface area contributed by atoms with Gasteiger partial charge in [0.1, 0.15) is 23.9 Å². The third-order valence-electron chi connectivity index (χ3n) is 29.8. The number of piperidine rings is 1. The number of carbonyl (C=O) groups is 9. The first-order chi connectivity index (χ1) is 67.7. The zero-order valence-electron chi connectivity index (χ0n) is 83.7. The second kappa shape index (κ2) is 55.0. The largest absolute Gasteiger partial charge is 0.415 e. The molecule has 4 N–H and O–H groups in total. The molecule has 6 atom stereocenters. The van der Waals surface area contributed by atoms with Gasteiger partial charge in [0.25, 0.3) is 0 Å². The van der Waals surface area contributed by atoms with Crippen LogP contribution in [0.2, 0.25) is 10.0 Å². The lowest BCUT2D eigenvalue weighted by Gasteiger charge is -2.46. The van der Waals surface area contributed by atoms with E-state index in [1.165, 1.54) is 81.3 Å². The molecule has 0 bridgehead atoms. The first kappa shape index (κ1) is 109. The van der Waals surface area contributed by atoms with Crippen LogP contribution >= 0.6 is 57.2 Å². The van der Waals surface area contributed by atoms with Gasteiger partial charge in [0, 0.05) is 110 Å². The van der Waals surface area contributed by atoms with E-state index in [9.17, 15) is 38.4 Å². The van der Waals surface area contributed by atoms with Gasteiger partial charge in [-0.2, -0.15) is 0 Å². The lowest BCUT2D eigenvalue weighted by Crippen LogP contribution is -2.63. The summed E-state index contributed by atoms with van der Waals surface area (Å²) in [4.78, 5) is 149. The molecule has 140 heavy (non-hydrogen) atoms. The molecule has 31 heteroatoms. The number of hydrogen-bond donors (Lipinski definition) is 3. The fourth-order valence-corrected chi connectivity index (χ4v) is 23.8. The molecule has 2 saturated carbocycles. The van der Waals surface area contributed by atoms with Crippen molar-refractivity contribution in [2.24, 2.45) is 11.1 Å². The summed E-state index contributed by atoms with van der Waals surface area (Å²) in [6, 6.07) is 36.2. The molecule has 0 radical (unpaired) electrons. The van der Waals surface area contributed by atoms with E-state index < -0.39 is 42.4 Å². The highest BCUT2D eigenvalue weighted by Crippen LogP contribution is 2.46. The molecule has 762 valence electrons. The van der Waals surface area contributed by atoms with Crippen LogP contribution in [0.15, 0.2) is 137 Å². The van der Waals surface area contributed by atoms with Crippen molar-refractivity contribution in [2.75, 3.05) is 146 Å². The van der Waals surface area contributed by atoms with E-state index in [4.69, 9.17) is 43.1 Å². The van der Waals surface area contributed by atoms with Gasteiger partial charge in [0.05, 0.1) is 47.8 Å². The number of nitrogens with one attached hydrogen (secondary N) is 2. The Balaban J connectivity index is 0.000000181. The molecular weight excluding hydrogens is 1860 g/mol. The summed E-state index contributed by atoms with van der Waals surface area (Å²) < 4.78 is 17.3. The molecule has 5 saturated heterocycles. The molecule has 6 aliphatic heterocycles. The molecule has 15 rings (SSSR count). The van der Waals surface area contributed by atoms with Crippen molar-refractivity contribution in [3.8, 4) is 17.2 Å². The quantitative estimate of drug-likeness (QED) is 0.0302. The first-order valence-corrected chi connectivity index (χ1v) is 54.9. The number of fused-ring (bicyclic) bond motifs is 1. The highest BCUT2D eigenvalue weighted by atomic mass is 35.5. The van der Waals surface area contributed by atoms with Gasteiger partial charge in [-0.05, 0) is 303 Å². The van der Waals surface area contributed by atoms with Gasteiger partial charge in [-0.25, -0.2) is 14.4 Å². The number of benzene rings is 4. The first-order valence-electron chi connectivity index (χ1n) is 51.5. The highest BCUT2D eigenvalue weighted by molar-refractivity contribution is 7.10. The Morgan fingerprint density at radius 1 is 0.500 bits per heavy atom. The Hall–Kier alpha value is -8.53. The summed E-state index contributed by atoms with van der Waals surface area (Å²) in [7, 11) is 10.4. The van der Waals surface area contributed by atoms with Gasteiger partial charge in [-0.1, -0.05) is 147 Å². The Morgan fingerprint density at radius 2 is 1.01 bits per heavy atom. The van der Waals surface area contributed by atoms with Gasteiger partial charge in [-0.3, -0.25) is 38.6 Å². The molecule has 9 heterocycles. The van der Waals surface area contributed by atoms with Gasteiger partial charge in [0.2, 0.25) is 17.7 Å². The summed E-state index contributed by atoms with van der Waals surface area (Å²) in [5.41, 5.74) is 12.1. The Morgan fingerprint density at radius 3 is 1.57 bits per heavy atom. The zero-order chi connectivity index (χ0) is 99.0. The van der Waals surface area contributed by atoms with Crippen LogP contribution in [0.3, 0.4) is 0 Å². The third kappa shape index (κ3) is 31.7. The van der Waals surface area contributed by atoms with Gasteiger partial charge >= 0.3 is 18.3 Å². The minimum atomic E-state index is -0.771. The number of thiophene rings is 3. The summed E-state index contributed by atoms with van der Waals surface area (Å²) in [6.45, 7) is 16.1. The SMILES string of the molecule is CN(C)CCCC[C@H](C(=O)N1CCN(C(=O)Oc2cccc3c2CCNC3)C[C@H]1C(=O)CCc1cccs1)N(C)C1CCC2(CC1)CCN(Cc1ccccc1)C2.Cc1ccc(OC(=O)N2CCN(C(=O)[C@H](N)CCCCN(C)C)[C@H](C(=O)CCc3cccs3)C2)c(Cl)c1C.O=C(CCc1cccs1)[C@@H]1CN(C(=O)Oc2ccccc2Cl)CCN1C(=O)[C@@H](CCCCN1CCCCC1)NC1CCCCC1. The smallest absolute Gasteiger partial charge is 0.410 e. The zero-order valence-corrected chi connectivity index (χ0v) is 87.7. The van der Waals surface area contributed by atoms with Crippen molar-refractivity contribution in [3.63, 3.8) is 0 Å². The van der Waals surface area contributed by atoms with Crippen LogP contribution in [-0.4, -0.2) is 302 Å². The fourth-order valence-electron chi connectivity index (χ4n) is 21.3. The Bertz CT molecular complexity index is 5090. The number of amides is 6. The number of nitrogens with zero attached hydrogens (tertiary/aromatic N) is 11. The summed E-state index contributed by atoms with van der Waals surface area (Å²) in [5, 5.41) is 13.9. The third-order valence-corrected chi connectivity index (χ3v) is 33.4. The number of Topliss-reactive ketones (excluding diaryl/α,β-unsaturated/α-hetero) is 3. The number of ether oxygens (including phenoxy) is 3. The fraction of sp³-hybridized carbons (Fsp3) is 0.587. The maximum Gasteiger partial charge on any atom is 0.415 e. The number of carbonyl (C=O) groups excluding carboxylic acids is 9. The number of hydrogen-bond acceptors (Lipinski definition) is 23. The number of aryl methyl sites for hydroxylation is 4. The maximum absolute atomic E-state index is 15.0. The number of piperazine rings is 3. The summed E-state index contributed by atoms with van der Waals surface area (Å²) in [6.07, 6.45) is 25.2. The van der Waals surface area contributed by atoms with E-state index >= 15 is 4.79 Å². The van der Waals surface area contributed by atoms with Crippen LogP contribution in [0, 0.1) is 19.3 Å². The monoisotopic (exact) mass is 2020 g/mol. The summed E-state index contributed by atoms with van der Waals surface area (Å²) >= 11 is 17.5. The molecule has 2 aliphatic carbocycles. The molecule has 3 aromatic heterocycles. The van der Waals surface area contributed by atoms with E-state index in [2.05, 4.69) is 98.7 Å². The van der Waals surface area contributed by atoms with Crippen molar-refractivity contribution in [2.45, 2.75) is 261 Å². The number of halogens is 2. The molecular formula is C109H152Cl2N14O12S3.